The molecule has 0 aliphatic carbocycles. The highest BCUT2D eigenvalue weighted by Gasteiger charge is 2.25. The van der Waals surface area contributed by atoms with Crippen LogP contribution in [0.15, 0.2) is 133 Å². The highest BCUT2D eigenvalue weighted by atomic mass is 16.3. The number of phenols is 4. The molecule has 0 fully saturated rings. The SMILES string of the molecule is CC(C)=O.CC(C)=O.Oc1ccc2ccccc2c1-c1c(O)c(-c2cc3ccccc3c(-c3c(O)ccc4ccccc34)c2O)cc2ccccc12. The molecule has 0 aliphatic heterocycles. The molecular weight excluding hydrogens is 649 g/mol. The highest BCUT2D eigenvalue weighted by molar-refractivity contribution is 6.15. The average Bonchev–Trinajstić information content (AvgIpc) is 3.12. The van der Waals surface area contributed by atoms with Gasteiger partial charge >= 0.3 is 0 Å². The number of hydrogen-bond donors (Lipinski definition) is 4. The van der Waals surface area contributed by atoms with Crippen LogP contribution in [0.1, 0.15) is 27.7 Å². The van der Waals surface area contributed by atoms with Crippen molar-refractivity contribution in [1.29, 1.82) is 0 Å². The van der Waals surface area contributed by atoms with Gasteiger partial charge in [-0.1, -0.05) is 109 Å². The summed E-state index contributed by atoms with van der Waals surface area (Å²) in [6.45, 7) is 6.11. The number of rotatable bonds is 3. The number of carbonyl (C=O) groups is 2. The molecule has 0 amide bonds. The molecule has 0 radical (unpaired) electrons. The molecule has 0 heterocycles. The van der Waals surface area contributed by atoms with Crippen LogP contribution >= 0.6 is 0 Å². The molecule has 0 aromatic heterocycles. The van der Waals surface area contributed by atoms with Crippen LogP contribution in [-0.2, 0) is 9.59 Å². The van der Waals surface area contributed by atoms with Crippen molar-refractivity contribution in [2.24, 2.45) is 0 Å². The molecule has 4 N–H and O–H groups in total. The van der Waals surface area contributed by atoms with Gasteiger partial charge in [-0.25, -0.2) is 0 Å². The maximum absolute atomic E-state index is 12.2. The Morgan fingerprint density at radius 2 is 0.635 bits per heavy atom. The van der Waals surface area contributed by atoms with Crippen LogP contribution in [-0.4, -0.2) is 32.0 Å². The van der Waals surface area contributed by atoms with E-state index in [4.69, 9.17) is 0 Å². The topological polar surface area (TPSA) is 115 Å². The molecule has 8 aromatic rings. The fraction of sp³-hybridized carbons (Fsp3) is 0.0870. The van der Waals surface area contributed by atoms with E-state index in [0.29, 0.717) is 33.4 Å². The Labute approximate surface area is 301 Å². The highest BCUT2D eigenvalue weighted by Crippen LogP contribution is 2.53. The second kappa shape index (κ2) is 14.7. The summed E-state index contributed by atoms with van der Waals surface area (Å²) in [7, 11) is 0. The first kappa shape index (κ1) is 35.2. The molecule has 8 aromatic carbocycles. The van der Waals surface area contributed by atoms with Gasteiger partial charge in [-0.05, 0) is 95.1 Å². The Hall–Kier alpha value is -6.66. The van der Waals surface area contributed by atoms with Crippen LogP contribution in [0.2, 0.25) is 0 Å². The normalized spacial score (nSPS) is 10.8. The summed E-state index contributed by atoms with van der Waals surface area (Å²) in [5.74, 6) is 0.304. The predicted octanol–water partition coefficient (Wildman–Crippen LogP) is 11.3. The monoisotopic (exact) mass is 686 g/mol. The van der Waals surface area contributed by atoms with E-state index in [1.165, 1.54) is 27.7 Å². The van der Waals surface area contributed by atoms with Crippen LogP contribution in [0.5, 0.6) is 23.0 Å². The summed E-state index contributed by atoms with van der Waals surface area (Å²) in [6, 6.07) is 41.7. The summed E-state index contributed by atoms with van der Waals surface area (Å²) in [5, 5.41) is 53.5. The van der Waals surface area contributed by atoms with Crippen LogP contribution in [0.4, 0.5) is 0 Å². The first-order chi connectivity index (χ1) is 25.0. The summed E-state index contributed by atoms with van der Waals surface area (Å²) in [4.78, 5) is 18.9. The van der Waals surface area contributed by atoms with Crippen molar-refractivity contribution < 1.29 is 30.0 Å². The number of carbonyl (C=O) groups excluding carboxylic acids is 2. The van der Waals surface area contributed by atoms with E-state index in [-0.39, 0.29) is 34.6 Å². The molecule has 0 bridgehead atoms. The lowest BCUT2D eigenvalue weighted by atomic mass is 9.85. The maximum atomic E-state index is 12.2. The molecule has 0 atom stereocenters. The molecule has 0 saturated heterocycles. The zero-order chi connectivity index (χ0) is 37.1. The van der Waals surface area contributed by atoms with Gasteiger partial charge in [0.15, 0.2) is 0 Å². The zero-order valence-corrected chi connectivity index (χ0v) is 29.3. The van der Waals surface area contributed by atoms with Crippen molar-refractivity contribution in [2.75, 3.05) is 0 Å². The summed E-state index contributed by atoms with van der Waals surface area (Å²) < 4.78 is 0. The minimum absolute atomic E-state index is 0.0467. The van der Waals surface area contributed by atoms with Gasteiger partial charge in [0.2, 0.25) is 0 Å². The minimum Gasteiger partial charge on any atom is -0.507 e. The van der Waals surface area contributed by atoms with Crippen molar-refractivity contribution in [2.45, 2.75) is 27.7 Å². The quantitative estimate of drug-likeness (QED) is 0.147. The van der Waals surface area contributed by atoms with Crippen molar-refractivity contribution in [3.63, 3.8) is 0 Å². The van der Waals surface area contributed by atoms with Gasteiger partial charge in [0.05, 0.1) is 0 Å². The Bertz CT molecular complexity index is 2460. The Morgan fingerprint density at radius 1 is 0.365 bits per heavy atom. The molecule has 0 spiro atoms. The predicted molar refractivity (Wildman–Crippen MR) is 212 cm³/mol. The molecular formula is C46H38O6. The van der Waals surface area contributed by atoms with Gasteiger partial charge in [0, 0.05) is 33.4 Å². The number of aromatic hydroxyl groups is 4. The van der Waals surface area contributed by atoms with Crippen molar-refractivity contribution in [3.8, 4) is 56.4 Å². The lowest BCUT2D eigenvalue weighted by molar-refractivity contribution is -0.115. The fourth-order valence-electron chi connectivity index (χ4n) is 6.64. The van der Waals surface area contributed by atoms with Crippen molar-refractivity contribution in [1.82, 2.24) is 0 Å². The molecule has 0 saturated carbocycles. The van der Waals surface area contributed by atoms with Crippen molar-refractivity contribution in [3.05, 3.63) is 133 Å². The largest absolute Gasteiger partial charge is 0.507 e. The van der Waals surface area contributed by atoms with E-state index in [2.05, 4.69) is 0 Å². The lowest BCUT2D eigenvalue weighted by Gasteiger charge is -2.20. The summed E-state index contributed by atoms with van der Waals surface area (Å²) in [5.41, 5.74) is 2.83. The molecule has 0 unspecified atom stereocenters. The molecule has 8 rings (SSSR count). The summed E-state index contributed by atoms with van der Waals surface area (Å²) in [6.07, 6.45) is 0. The van der Waals surface area contributed by atoms with E-state index in [0.717, 1.165) is 43.1 Å². The lowest BCUT2D eigenvalue weighted by Crippen LogP contribution is -1.93. The van der Waals surface area contributed by atoms with Crippen LogP contribution < -0.4 is 0 Å². The smallest absolute Gasteiger partial charge is 0.132 e. The molecule has 258 valence electrons. The fourth-order valence-corrected chi connectivity index (χ4v) is 6.64. The van der Waals surface area contributed by atoms with Crippen molar-refractivity contribution >= 4 is 54.7 Å². The third kappa shape index (κ3) is 6.74. The van der Waals surface area contributed by atoms with Gasteiger partial charge in [0.25, 0.3) is 0 Å². The minimum atomic E-state index is -0.0611. The molecule has 6 nitrogen and oxygen atoms in total. The first-order valence-corrected chi connectivity index (χ1v) is 16.8. The number of fused-ring (bicyclic) bond motifs is 4. The van der Waals surface area contributed by atoms with Gasteiger partial charge in [0.1, 0.15) is 34.6 Å². The number of phenolic OH excluding ortho intramolecular Hbond substituents is 4. The third-order valence-corrected chi connectivity index (χ3v) is 8.65. The van der Waals surface area contributed by atoms with Crippen LogP contribution in [0.25, 0.3) is 76.5 Å². The van der Waals surface area contributed by atoms with E-state index in [1.807, 2.05) is 121 Å². The summed E-state index contributed by atoms with van der Waals surface area (Å²) >= 11 is 0. The van der Waals surface area contributed by atoms with Gasteiger partial charge in [-0.15, -0.1) is 0 Å². The molecule has 52 heavy (non-hydrogen) atoms. The third-order valence-electron chi connectivity index (χ3n) is 8.65. The van der Waals surface area contributed by atoms with Crippen LogP contribution in [0.3, 0.4) is 0 Å². The zero-order valence-electron chi connectivity index (χ0n) is 29.3. The Kier molecular flexibility index (Phi) is 9.93. The second-order valence-electron chi connectivity index (χ2n) is 12.9. The van der Waals surface area contributed by atoms with E-state index in [9.17, 15) is 30.0 Å². The maximum Gasteiger partial charge on any atom is 0.132 e. The van der Waals surface area contributed by atoms with Crippen LogP contribution in [0, 0.1) is 0 Å². The number of ketones is 2. The van der Waals surface area contributed by atoms with Gasteiger partial charge in [-0.3, -0.25) is 0 Å². The van der Waals surface area contributed by atoms with E-state index in [1.54, 1.807) is 12.1 Å². The second-order valence-corrected chi connectivity index (χ2v) is 12.9. The Morgan fingerprint density at radius 3 is 0.962 bits per heavy atom. The van der Waals surface area contributed by atoms with E-state index >= 15 is 0 Å². The molecule has 6 heteroatoms. The molecule has 0 aliphatic rings. The number of Topliss-reactive ketones (excluding diaryl/α,β-unsaturated/α-hetero) is 2. The first-order valence-electron chi connectivity index (χ1n) is 16.8. The van der Waals surface area contributed by atoms with Gasteiger partial charge in [-0.2, -0.15) is 0 Å². The number of benzene rings is 8. The van der Waals surface area contributed by atoms with Gasteiger partial charge < -0.3 is 30.0 Å². The Balaban J connectivity index is 0.000000529. The van der Waals surface area contributed by atoms with E-state index < -0.39 is 0 Å². The average molecular weight is 687 g/mol. The standard InChI is InChI=1S/C40H26O4.2C3H6O/c41-33-19-17-23-9-1-5-13-27(23)35(33)37-29-15-7-3-11-25(29)21-31(39(37)43)32-22-26-12-4-8-16-30(26)38(40(32)44)36-28-14-6-2-10-24(28)18-20-34(36)42;2*1-3(2)4/h1-22,41-44H;2*1-2H3. The number of hydrogen-bond acceptors (Lipinski definition) is 6.